The van der Waals surface area contributed by atoms with Crippen LogP contribution >= 0.6 is 11.6 Å². The monoisotopic (exact) mass is 437 g/mol. The summed E-state index contributed by atoms with van der Waals surface area (Å²) in [6, 6.07) is 6.11. The number of nitrogens with zero attached hydrogens (tertiary/aromatic N) is 4. The lowest BCUT2D eigenvalue weighted by Crippen LogP contribution is -2.51. The van der Waals surface area contributed by atoms with Gasteiger partial charge in [0.1, 0.15) is 10.6 Å². The van der Waals surface area contributed by atoms with Crippen molar-refractivity contribution in [3.05, 3.63) is 53.6 Å². The number of carbonyl (C=O) groups is 2. The standard InChI is InChI=1S/C18H20ClN5O4S/c19-14-3-1-2-4-16(14)29(27,28)22-6-5-17(25)23-9-11-24(12-10-23)18(26)15-13-20-7-8-21-15/h1-4,7-8,13,22H,5-6,9-12H2. The van der Waals surface area contributed by atoms with E-state index in [2.05, 4.69) is 14.7 Å². The Morgan fingerprint density at radius 1 is 1.07 bits per heavy atom. The fourth-order valence-electron chi connectivity index (χ4n) is 2.92. The molecule has 29 heavy (non-hydrogen) atoms. The van der Waals surface area contributed by atoms with Crippen molar-refractivity contribution in [3.63, 3.8) is 0 Å². The number of hydrogen-bond acceptors (Lipinski definition) is 6. The van der Waals surface area contributed by atoms with Crippen molar-refractivity contribution in [2.24, 2.45) is 0 Å². The van der Waals surface area contributed by atoms with Crippen LogP contribution in [0.1, 0.15) is 16.9 Å². The normalized spacial score (nSPS) is 14.7. The highest BCUT2D eigenvalue weighted by Crippen LogP contribution is 2.20. The molecule has 2 heterocycles. The lowest BCUT2D eigenvalue weighted by atomic mass is 10.2. The van der Waals surface area contributed by atoms with Gasteiger partial charge < -0.3 is 9.80 Å². The van der Waals surface area contributed by atoms with Gasteiger partial charge in [0.2, 0.25) is 15.9 Å². The van der Waals surface area contributed by atoms with E-state index in [0.29, 0.717) is 26.2 Å². The van der Waals surface area contributed by atoms with Crippen LogP contribution in [0.3, 0.4) is 0 Å². The summed E-state index contributed by atoms with van der Waals surface area (Å²) in [5.41, 5.74) is 0.265. The zero-order chi connectivity index (χ0) is 20.9. The molecule has 2 amide bonds. The van der Waals surface area contributed by atoms with Gasteiger partial charge in [0.15, 0.2) is 0 Å². The number of rotatable bonds is 6. The summed E-state index contributed by atoms with van der Waals surface area (Å²) in [5, 5.41) is 0.121. The molecular weight excluding hydrogens is 418 g/mol. The molecule has 0 atom stereocenters. The second-order valence-electron chi connectivity index (χ2n) is 6.34. The molecule has 0 radical (unpaired) electrons. The van der Waals surface area contributed by atoms with Gasteiger partial charge in [-0.2, -0.15) is 0 Å². The van der Waals surface area contributed by atoms with Gasteiger partial charge in [0.05, 0.1) is 11.2 Å². The number of amides is 2. The van der Waals surface area contributed by atoms with Gasteiger partial charge in [-0.05, 0) is 12.1 Å². The minimum absolute atomic E-state index is 0.0157. The van der Waals surface area contributed by atoms with Crippen molar-refractivity contribution in [1.82, 2.24) is 24.5 Å². The Kier molecular flexibility index (Phi) is 6.78. The smallest absolute Gasteiger partial charge is 0.274 e. The molecular formula is C18H20ClN5O4S. The largest absolute Gasteiger partial charge is 0.339 e. The summed E-state index contributed by atoms with van der Waals surface area (Å²) in [4.78, 5) is 35.8. The zero-order valence-electron chi connectivity index (χ0n) is 15.5. The molecule has 1 aromatic carbocycles. The van der Waals surface area contributed by atoms with Crippen LogP contribution in [-0.2, 0) is 14.8 Å². The highest BCUT2D eigenvalue weighted by Gasteiger charge is 2.26. The molecule has 1 saturated heterocycles. The number of carbonyl (C=O) groups excluding carboxylic acids is 2. The first kappa shape index (κ1) is 21.2. The first-order valence-corrected chi connectivity index (χ1v) is 10.8. The van der Waals surface area contributed by atoms with Crippen LogP contribution in [0.15, 0.2) is 47.8 Å². The molecule has 0 bridgehead atoms. The van der Waals surface area contributed by atoms with Gasteiger partial charge in [0, 0.05) is 51.5 Å². The molecule has 0 spiro atoms. The van der Waals surface area contributed by atoms with Crippen LogP contribution in [0.2, 0.25) is 5.02 Å². The minimum atomic E-state index is -3.79. The van der Waals surface area contributed by atoms with Crippen molar-refractivity contribution < 1.29 is 18.0 Å². The molecule has 0 unspecified atom stereocenters. The van der Waals surface area contributed by atoms with E-state index >= 15 is 0 Å². The van der Waals surface area contributed by atoms with E-state index in [0.717, 1.165) is 0 Å². The van der Waals surface area contributed by atoms with Gasteiger partial charge >= 0.3 is 0 Å². The Morgan fingerprint density at radius 2 is 1.76 bits per heavy atom. The molecule has 1 N–H and O–H groups in total. The Labute approximate surface area is 173 Å². The van der Waals surface area contributed by atoms with Crippen molar-refractivity contribution in [3.8, 4) is 0 Å². The second kappa shape index (κ2) is 9.29. The predicted octanol–water partition coefficient (Wildman–Crippen LogP) is 0.783. The second-order valence-corrected chi connectivity index (χ2v) is 8.48. The Hall–Kier alpha value is -2.56. The lowest BCUT2D eigenvalue weighted by molar-refractivity contribution is -0.132. The number of hydrogen-bond donors (Lipinski definition) is 1. The third-order valence-corrected chi connectivity index (χ3v) is 6.42. The minimum Gasteiger partial charge on any atom is -0.339 e. The van der Waals surface area contributed by atoms with E-state index < -0.39 is 10.0 Å². The van der Waals surface area contributed by atoms with Crippen molar-refractivity contribution in [1.29, 1.82) is 0 Å². The summed E-state index contributed by atoms with van der Waals surface area (Å²) >= 11 is 5.92. The Morgan fingerprint density at radius 3 is 2.41 bits per heavy atom. The summed E-state index contributed by atoms with van der Waals surface area (Å²) < 4.78 is 27.0. The zero-order valence-corrected chi connectivity index (χ0v) is 17.1. The highest BCUT2D eigenvalue weighted by atomic mass is 35.5. The summed E-state index contributed by atoms with van der Waals surface area (Å²) in [7, 11) is -3.79. The van der Waals surface area contributed by atoms with E-state index in [1.54, 1.807) is 21.9 Å². The maximum Gasteiger partial charge on any atom is 0.274 e. The molecule has 3 rings (SSSR count). The maximum atomic E-state index is 12.4. The van der Waals surface area contributed by atoms with Crippen molar-refractivity contribution in [2.75, 3.05) is 32.7 Å². The third-order valence-electron chi connectivity index (χ3n) is 4.46. The number of aromatic nitrogens is 2. The van der Waals surface area contributed by atoms with Crippen LogP contribution in [0.25, 0.3) is 0 Å². The summed E-state index contributed by atoms with van der Waals surface area (Å²) in [6.45, 7) is 1.48. The molecule has 0 saturated carbocycles. The maximum absolute atomic E-state index is 12.4. The molecule has 1 aromatic heterocycles. The van der Waals surface area contributed by atoms with Crippen LogP contribution in [0.5, 0.6) is 0 Å². The molecule has 2 aromatic rings. The van der Waals surface area contributed by atoms with E-state index in [-0.39, 0.29) is 40.4 Å². The third kappa shape index (κ3) is 5.28. The molecule has 11 heteroatoms. The average Bonchev–Trinajstić information content (AvgIpc) is 2.74. The molecule has 0 aliphatic carbocycles. The number of halogens is 1. The summed E-state index contributed by atoms with van der Waals surface area (Å²) in [5.74, 6) is -0.406. The fraction of sp³-hybridized carbons (Fsp3) is 0.333. The van der Waals surface area contributed by atoms with Gasteiger partial charge in [-0.15, -0.1) is 0 Å². The Balaban J connectivity index is 1.47. The lowest BCUT2D eigenvalue weighted by Gasteiger charge is -2.34. The van der Waals surface area contributed by atoms with E-state index in [1.807, 2.05) is 0 Å². The van der Waals surface area contributed by atoms with Gasteiger partial charge in [-0.1, -0.05) is 23.7 Å². The summed E-state index contributed by atoms with van der Waals surface area (Å²) in [6.07, 6.45) is 4.37. The molecule has 154 valence electrons. The number of benzene rings is 1. The predicted molar refractivity (Wildman–Crippen MR) is 106 cm³/mol. The van der Waals surface area contributed by atoms with E-state index in [4.69, 9.17) is 11.6 Å². The Bertz CT molecular complexity index is 979. The topological polar surface area (TPSA) is 113 Å². The number of nitrogens with one attached hydrogen (secondary N) is 1. The molecule has 9 nitrogen and oxygen atoms in total. The molecule has 1 fully saturated rings. The average molecular weight is 438 g/mol. The van der Waals surface area contributed by atoms with Gasteiger partial charge in [0.25, 0.3) is 5.91 Å². The van der Waals surface area contributed by atoms with Crippen LogP contribution in [0, 0.1) is 0 Å². The fourth-order valence-corrected chi connectivity index (χ4v) is 4.47. The van der Waals surface area contributed by atoms with Gasteiger partial charge in [-0.3, -0.25) is 14.6 Å². The van der Waals surface area contributed by atoms with Crippen LogP contribution < -0.4 is 4.72 Å². The number of piperazine rings is 1. The highest BCUT2D eigenvalue weighted by molar-refractivity contribution is 7.89. The van der Waals surface area contributed by atoms with Crippen molar-refractivity contribution in [2.45, 2.75) is 11.3 Å². The van der Waals surface area contributed by atoms with E-state index in [9.17, 15) is 18.0 Å². The quantitative estimate of drug-likeness (QED) is 0.714. The van der Waals surface area contributed by atoms with Crippen LogP contribution in [0.4, 0.5) is 0 Å². The van der Waals surface area contributed by atoms with Crippen molar-refractivity contribution >= 4 is 33.4 Å². The van der Waals surface area contributed by atoms with E-state index in [1.165, 1.54) is 30.7 Å². The molecule has 1 aliphatic heterocycles. The first-order chi connectivity index (χ1) is 13.9. The number of sulfonamides is 1. The van der Waals surface area contributed by atoms with Gasteiger partial charge in [-0.25, -0.2) is 18.1 Å². The molecule has 1 aliphatic rings. The first-order valence-electron chi connectivity index (χ1n) is 8.96. The van der Waals surface area contributed by atoms with Crippen LogP contribution in [-0.4, -0.2) is 72.7 Å². The SMILES string of the molecule is O=C(CCNS(=O)(=O)c1ccccc1Cl)N1CCN(C(=O)c2cnccn2)CC1.